The average molecular weight is 396 g/mol. The number of nitrogens with one attached hydrogen (secondary N) is 2. The van der Waals surface area contributed by atoms with Crippen LogP contribution in [0.3, 0.4) is 0 Å². The molecule has 0 fully saturated rings. The quantitative estimate of drug-likeness (QED) is 0.450. The molecule has 0 aliphatic heterocycles. The van der Waals surface area contributed by atoms with Gasteiger partial charge < -0.3 is 5.32 Å². The summed E-state index contributed by atoms with van der Waals surface area (Å²) in [4.78, 5) is 36.3. The number of ketones is 1. The second-order valence-corrected chi connectivity index (χ2v) is 7.01. The summed E-state index contributed by atoms with van der Waals surface area (Å²) in [6, 6.07) is 15.7. The number of anilines is 1. The topological polar surface area (TPSA) is 96.8 Å². The maximum absolute atomic E-state index is 12.4. The molecule has 0 unspecified atom stereocenters. The minimum absolute atomic E-state index is 0.0792. The van der Waals surface area contributed by atoms with Crippen molar-refractivity contribution in [3.8, 4) is 0 Å². The number of hydrogen-bond acceptors (Lipinski definition) is 5. The van der Waals surface area contributed by atoms with E-state index in [1.807, 2.05) is 13.0 Å². The summed E-state index contributed by atoms with van der Waals surface area (Å²) in [5, 5.41) is 9.68. The van der Waals surface area contributed by atoms with E-state index in [1.54, 1.807) is 48.5 Å². The minimum atomic E-state index is -0.268. The molecular weight excluding hydrogens is 376 g/mol. The lowest BCUT2D eigenvalue weighted by atomic mass is 10.1. The van der Waals surface area contributed by atoms with Crippen LogP contribution >= 0.6 is 11.8 Å². The summed E-state index contributed by atoms with van der Waals surface area (Å²) in [5.74, 6) is -0.115. The Morgan fingerprint density at radius 1 is 1.07 bits per heavy atom. The van der Waals surface area contributed by atoms with E-state index in [0.717, 1.165) is 6.42 Å². The van der Waals surface area contributed by atoms with Gasteiger partial charge in [0.1, 0.15) is 0 Å². The summed E-state index contributed by atoms with van der Waals surface area (Å²) < 4.78 is 1.53. The van der Waals surface area contributed by atoms with Gasteiger partial charge in [-0.2, -0.15) is 0 Å². The van der Waals surface area contributed by atoms with Gasteiger partial charge in [0.15, 0.2) is 10.9 Å². The fourth-order valence-electron chi connectivity index (χ4n) is 2.58. The van der Waals surface area contributed by atoms with Crippen molar-refractivity contribution in [1.82, 2.24) is 14.8 Å². The third kappa shape index (κ3) is 4.77. The van der Waals surface area contributed by atoms with Crippen LogP contribution in [0.4, 0.5) is 5.69 Å². The number of nitrogens with zero attached hydrogens (tertiary/aromatic N) is 2. The average Bonchev–Trinajstić information content (AvgIpc) is 3.07. The monoisotopic (exact) mass is 396 g/mol. The van der Waals surface area contributed by atoms with Crippen LogP contribution in [0.5, 0.6) is 0 Å². The van der Waals surface area contributed by atoms with Gasteiger partial charge >= 0.3 is 5.69 Å². The lowest BCUT2D eigenvalue weighted by molar-refractivity contribution is 0.101. The molecule has 3 rings (SSSR count). The third-order valence-corrected chi connectivity index (χ3v) is 4.98. The van der Waals surface area contributed by atoms with E-state index in [-0.39, 0.29) is 23.1 Å². The molecule has 0 saturated carbocycles. The minimum Gasteiger partial charge on any atom is -0.322 e. The van der Waals surface area contributed by atoms with E-state index in [4.69, 9.17) is 0 Å². The first-order valence-electron chi connectivity index (χ1n) is 8.86. The van der Waals surface area contributed by atoms with Gasteiger partial charge in [0, 0.05) is 23.4 Å². The molecule has 1 amide bonds. The van der Waals surface area contributed by atoms with E-state index in [2.05, 4.69) is 15.5 Å². The van der Waals surface area contributed by atoms with Crippen molar-refractivity contribution >= 4 is 29.1 Å². The maximum Gasteiger partial charge on any atom is 0.343 e. The number of aromatic nitrogens is 3. The molecule has 0 aliphatic rings. The molecule has 0 bridgehead atoms. The molecule has 0 atom stereocenters. The summed E-state index contributed by atoms with van der Waals surface area (Å²) >= 11 is 1.22. The molecule has 7 nitrogen and oxygen atoms in total. The van der Waals surface area contributed by atoms with E-state index < -0.39 is 0 Å². The summed E-state index contributed by atoms with van der Waals surface area (Å²) in [6.45, 7) is 2.53. The molecule has 144 valence electrons. The van der Waals surface area contributed by atoms with E-state index in [1.165, 1.54) is 16.3 Å². The zero-order valence-electron chi connectivity index (χ0n) is 15.3. The molecule has 2 aromatic carbocycles. The highest BCUT2D eigenvalue weighted by atomic mass is 32.2. The molecule has 1 heterocycles. The van der Waals surface area contributed by atoms with Gasteiger partial charge in [-0.3, -0.25) is 14.2 Å². The predicted octanol–water partition coefficient (Wildman–Crippen LogP) is 3.21. The van der Waals surface area contributed by atoms with Crippen LogP contribution in [0.2, 0.25) is 0 Å². The number of rotatable bonds is 8. The number of H-pyrrole nitrogens is 1. The Bertz CT molecular complexity index is 1010. The van der Waals surface area contributed by atoms with Crippen molar-refractivity contribution in [1.29, 1.82) is 0 Å². The van der Waals surface area contributed by atoms with Crippen LogP contribution in [0.15, 0.2) is 64.5 Å². The van der Waals surface area contributed by atoms with Crippen LogP contribution in [0.25, 0.3) is 0 Å². The van der Waals surface area contributed by atoms with Gasteiger partial charge in [0.05, 0.1) is 5.75 Å². The molecule has 0 radical (unpaired) electrons. The van der Waals surface area contributed by atoms with E-state index in [9.17, 15) is 14.4 Å². The molecule has 2 N–H and O–H groups in total. The first-order chi connectivity index (χ1) is 13.6. The van der Waals surface area contributed by atoms with Crippen LogP contribution in [0, 0.1) is 0 Å². The van der Waals surface area contributed by atoms with Crippen molar-refractivity contribution in [3.05, 3.63) is 76.2 Å². The van der Waals surface area contributed by atoms with Crippen molar-refractivity contribution in [2.75, 3.05) is 11.1 Å². The van der Waals surface area contributed by atoms with Crippen molar-refractivity contribution in [3.63, 3.8) is 0 Å². The summed E-state index contributed by atoms with van der Waals surface area (Å²) in [6.07, 6.45) is 0.803. The molecule has 3 aromatic rings. The second-order valence-electron chi connectivity index (χ2n) is 6.07. The number of hydrogen-bond donors (Lipinski definition) is 2. The Hall–Kier alpha value is -3.13. The second kappa shape index (κ2) is 9.18. The maximum atomic E-state index is 12.4. The van der Waals surface area contributed by atoms with Gasteiger partial charge in [-0.05, 0) is 42.8 Å². The first kappa shape index (κ1) is 19.6. The Labute approximate surface area is 166 Å². The zero-order chi connectivity index (χ0) is 19.9. The number of carbonyl (C=O) groups is 2. The summed E-state index contributed by atoms with van der Waals surface area (Å²) in [5.41, 5.74) is 1.44. The largest absolute Gasteiger partial charge is 0.343 e. The third-order valence-electron chi connectivity index (χ3n) is 4.00. The van der Waals surface area contributed by atoms with Crippen LogP contribution in [-0.4, -0.2) is 32.2 Å². The molecule has 0 spiro atoms. The zero-order valence-corrected chi connectivity index (χ0v) is 16.2. The van der Waals surface area contributed by atoms with Crippen molar-refractivity contribution in [2.45, 2.75) is 25.0 Å². The van der Waals surface area contributed by atoms with Gasteiger partial charge in [0.2, 0.25) is 0 Å². The smallest absolute Gasteiger partial charge is 0.322 e. The number of benzene rings is 2. The predicted molar refractivity (Wildman–Crippen MR) is 109 cm³/mol. The van der Waals surface area contributed by atoms with Gasteiger partial charge in [-0.25, -0.2) is 9.89 Å². The van der Waals surface area contributed by atoms with Crippen molar-refractivity contribution in [2.24, 2.45) is 0 Å². The molecule has 0 aliphatic carbocycles. The normalized spacial score (nSPS) is 10.6. The van der Waals surface area contributed by atoms with Crippen LogP contribution in [-0.2, 0) is 6.54 Å². The lowest BCUT2D eigenvalue weighted by Gasteiger charge is -2.07. The highest BCUT2D eigenvalue weighted by Crippen LogP contribution is 2.17. The van der Waals surface area contributed by atoms with Crippen LogP contribution in [0.1, 0.15) is 34.1 Å². The Balaban J connectivity index is 1.59. The molecule has 8 heteroatoms. The SMILES string of the molecule is CCCn1c(SCC(=O)c2ccc(NC(=O)c3ccccc3)cc2)n[nH]c1=O. The number of carbonyl (C=O) groups excluding carboxylic acids is 2. The van der Waals surface area contributed by atoms with Gasteiger partial charge in [-0.15, -0.1) is 5.10 Å². The highest BCUT2D eigenvalue weighted by Gasteiger charge is 2.13. The standard InChI is InChI=1S/C20H20N4O3S/c1-2-12-24-19(27)22-23-20(24)28-13-17(25)14-8-10-16(11-9-14)21-18(26)15-6-4-3-5-7-15/h3-11H,2,12-13H2,1H3,(H,21,26)(H,22,27). The fourth-order valence-corrected chi connectivity index (χ4v) is 3.45. The Kier molecular flexibility index (Phi) is 6.44. The molecule has 0 saturated heterocycles. The van der Waals surface area contributed by atoms with E-state index in [0.29, 0.717) is 28.5 Å². The molecular formula is C20H20N4O3S. The Morgan fingerprint density at radius 3 is 2.46 bits per heavy atom. The lowest BCUT2D eigenvalue weighted by Crippen LogP contribution is -2.17. The summed E-state index contributed by atoms with van der Waals surface area (Å²) in [7, 11) is 0. The molecule has 1 aromatic heterocycles. The number of Topliss-reactive ketones (excluding diaryl/α,β-unsaturated/α-hetero) is 1. The Morgan fingerprint density at radius 2 is 1.79 bits per heavy atom. The highest BCUT2D eigenvalue weighted by molar-refractivity contribution is 7.99. The van der Waals surface area contributed by atoms with Crippen LogP contribution < -0.4 is 11.0 Å². The number of aromatic amines is 1. The van der Waals surface area contributed by atoms with Crippen molar-refractivity contribution < 1.29 is 9.59 Å². The molecule has 28 heavy (non-hydrogen) atoms. The number of thioether (sulfide) groups is 1. The van der Waals surface area contributed by atoms with E-state index >= 15 is 0 Å². The van der Waals surface area contributed by atoms with Gasteiger partial charge in [0.25, 0.3) is 5.91 Å². The number of amides is 1. The fraction of sp³-hybridized carbons (Fsp3) is 0.200. The van der Waals surface area contributed by atoms with Gasteiger partial charge in [-0.1, -0.05) is 36.9 Å². The first-order valence-corrected chi connectivity index (χ1v) is 9.84.